The lowest BCUT2D eigenvalue weighted by Crippen LogP contribution is -2.46. The lowest BCUT2D eigenvalue weighted by atomic mass is 10.0. The van der Waals surface area contributed by atoms with Crippen LogP contribution >= 0.6 is 0 Å². The van der Waals surface area contributed by atoms with Gasteiger partial charge in [0.15, 0.2) is 0 Å². The van der Waals surface area contributed by atoms with E-state index >= 15 is 0 Å². The van der Waals surface area contributed by atoms with E-state index in [1.807, 2.05) is 0 Å². The highest BCUT2D eigenvalue weighted by Gasteiger charge is 2.29. The van der Waals surface area contributed by atoms with Crippen molar-refractivity contribution in [2.24, 2.45) is 0 Å². The molecule has 0 fully saturated rings. The molecule has 0 aromatic rings. The van der Waals surface area contributed by atoms with Crippen molar-refractivity contribution < 1.29 is 33.4 Å². The standard InChI is InChI=1S/C6H14O6/c7-1-3(9)5(11)6(12)4(10)2-8/h3-12H,1-2H2/t3-,4-,5-,6-/m1/s1/i1D2. The van der Waals surface area contributed by atoms with Crippen molar-refractivity contribution in [1.82, 2.24) is 0 Å². The number of aliphatic hydroxyl groups is 6. The van der Waals surface area contributed by atoms with Gasteiger partial charge in [-0.15, -0.1) is 0 Å². The van der Waals surface area contributed by atoms with Gasteiger partial charge in [0, 0.05) is 0 Å². The molecule has 0 bridgehead atoms. The molecule has 0 aliphatic heterocycles. The van der Waals surface area contributed by atoms with Gasteiger partial charge in [-0.1, -0.05) is 0 Å². The van der Waals surface area contributed by atoms with Crippen molar-refractivity contribution in [3.05, 3.63) is 0 Å². The van der Waals surface area contributed by atoms with Crippen LogP contribution in [0.2, 0.25) is 0 Å². The number of rotatable bonds is 5. The van der Waals surface area contributed by atoms with Gasteiger partial charge < -0.3 is 30.6 Å². The molecule has 6 N–H and O–H groups in total. The Labute approximate surface area is 72.1 Å². The fourth-order valence-electron chi connectivity index (χ4n) is 0.599. The molecule has 6 nitrogen and oxygen atoms in total. The van der Waals surface area contributed by atoms with Crippen LogP contribution < -0.4 is 0 Å². The van der Waals surface area contributed by atoms with Crippen molar-refractivity contribution in [2.75, 3.05) is 13.2 Å². The van der Waals surface area contributed by atoms with Gasteiger partial charge in [-0.3, -0.25) is 0 Å². The smallest absolute Gasteiger partial charge is 0.111 e. The van der Waals surface area contributed by atoms with E-state index in [-0.39, 0.29) is 0 Å². The fourth-order valence-corrected chi connectivity index (χ4v) is 0.599. The number of aliphatic hydroxyl groups excluding tert-OH is 5. The number of hydrogen-bond acceptors (Lipinski definition) is 6. The van der Waals surface area contributed by atoms with Gasteiger partial charge >= 0.3 is 0 Å². The predicted molar refractivity (Wildman–Crippen MR) is 38.2 cm³/mol. The minimum atomic E-state index is -3.10. The summed E-state index contributed by atoms with van der Waals surface area (Å²) in [5.41, 5.74) is 0. The van der Waals surface area contributed by atoms with Gasteiger partial charge in [-0.25, -0.2) is 0 Å². The van der Waals surface area contributed by atoms with E-state index in [2.05, 4.69) is 0 Å². The second kappa shape index (κ2) is 5.41. The summed E-state index contributed by atoms with van der Waals surface area (Å²) >= 11 is 0. The van der Waals surface area contributed by atoms with Crippen molar-refractivity contribution in [1.29, 1.82) is 0 Å². The molecule has 12 heavy (non-hydrogen) atoms. The summed E-state index contributed by atoms with van der Waals surface area (Å²) < 4.78 is 13.2. The average Bonchev–Trinajstić information content (AvgIpc) is 2.11. The third kappa shape index (κ3) is 3.02. The van der Waals surface area contributed by atoms with Gasteiger partial charge in [-0.2, -0.15) is 0 Å². The Morgan fingerprint density at radius 2 is 1.33 bits per heavy atom. The fraction of sp³-hybridized carbons (Fsp3) is 1.00. The maximum absolute atomic E-state index is 9.05. The van der Waals surface area contributed by atoms with E-state index in [1.165, 1.54) is 0 Å². The van der Waals surface area contributed by atoms with E-state index < -0.39 is 37.6 Å². The summed E-state index contributed by atoms with van der Waals surface area (Å²) in [6, 6.07) is 0. The van der Waals surface area contributed by atoms with Crippen LogP contribution in [0.3, 0.4) is 0 Å². The molecule has 0 saturated carbocycles. The molecule has 4 atom stereocenters. The van der Waals surface area contributed by atoms with E-state index in [0.717, 1.165) is 0 Å². The lowest BCUT2D eigenvalue weighted by molar-refractivity contribution is -0.123. The van der Waals surface area contributed by atoms with Crippen LogP contribution in [0.1, 0.15) is 2.74 Å². The first-order valence-electron chi connectivity index (χ1n) is 4.27. The third-order valence-corrected chi connectivity index (χ3v) is 1.39. The molecule has 0 unspecified atom stereocenters. The highest BCUT2D eigenvalue weighted by Crippen LogP contribution is 2.03. The van der Waals surface area contributed by atoms with Gasteiger partial charge in [-0.05, 0) is 0 Å². The largest absolute Gasteiger partial charge is 0.394 e. The van der Waals surface area contributed by atoms with Crippen molar-refractivity contribution in [3.63, 3.8) is 0 Å². The Balaban J connectivity index is 4.38. The summed E-state index contributed by atoms with van der Waals surface area (Å²) in [7, 11) is 0. The maximum Gasteiger partial charge on any atom is 0.111 e. The first kappa shape index (κ1) is 8.36. The molecule has 0 radical (unpaired) electrons. The van der Waals surface area contributed by atoms with E-state index in [9.17, 15) is 0 Å². The van der Waals surface area contributed by atoms with Gasteiger partial charge in [0.25, 0.3) is 0 Å². The summed E-state index contributed by atoms with van der Waals surface area (Å²) in [5, 5.41) is 52.9. The van der Waals surface area contributed by atoms with Crippen molar-refractivity contribution in [3.8, 4) is 0 Å². The highest BCUT2D eigenvalue weighted by molar-refractivity contribution is 4.79. The van der Waals surface area contributed by atoms with Gasteiger partial charge in [0.05, 0.1) is 15.9 Å². The topological polar surface area (TPSA) is 121 Å². The number of hydrogen-bond donors (Lipinski definition) is 6. The van der Waals surface area contributed by atoms with Crippen LogP contribution in [0.5, 0.6) is 0 Å². The Bertz CT molecular complexity index is 172. The zero-order valence-corrected chi connectivity index (χ0v) is 6.20. The molecule has 0 spiro atoms. The molecule has 0 aliphatic carbocycles. The minimum Gasteiger partial charge on any atom is -0.394 e. The molecule has 0 aromatic carbocycles. The molecule has 0 aliphatic rings. The molecule has 6 heteroatoms. The molecule has 0 saturated heterocycles. The Kier molecular flexibility index (Phi) is 3.77. The van der Waals surface area contributed by atoms with Crippen LogP contribution in [0, 0.1) is 0 Å². The molecular formula is C6H14O6. The Morgan fingerprint density at radius 3 is 1.67 bits per heavy atom. The van der Waals surface area contributed by atoms with Crippen LogP contribution in [0.4, 0.5) is 0 Å². The molecular weight excluding hydrogens is 168 g/mol. The average molecular weight is 184 g/mol. The summed E-state index contributed by atoms with van der Waals surface area (Å²) in [6.07, 6.45) is -8.05. The molecule has 0 heterocycles. The predicted octanol–water partition coefficient (Wildman–Crippen LogP) is -3.59. The quantitative estimate of drug-likeness (QED) is 0.263. The van der Waals surface area contributed by atoms with Crippen LogP contribution in [-0.2, 0) is 0 Å². The highest BCUT2D eigenvalue weighted by atomic mass is 16.4. The van der Waals surface area contributed by atoms with Gasteiger partial charge in [0.1, 0.15) is 24.4 Å². The Morgan fingerprint density at radius 1 is 0.917 bits per heavy atom. The van der Waals surface area contributed by atoms with E-state index in [0.29, 0.717) is 0 Å². The first-order valence-corrected chi connectivity index (χ1v) is 3.27. The molecule has 0 aromatic heterocycles. The van der Waals surface area contributed by atoms with Crippen LogP contribution in [0.25, 0.3) is 0 Å². The zero-order valence-electron chi connectivity index (χ0n) is 8.20. The first-order chi connectivity index (χ1) is 6.21. The van der Waals surface area contributed by atoms with Crippen molar-refractivity contribution in [2.45, 2.75) is 24.4 Å². The lowest BCUT2D eigenvalue weighted by Gasteiger charge is -2.24. The molecule has 0 amide bonds. The zero-order chi connectivity index (χ0) is 11.5. The Hall–Kier alpha value is -0.240. The summed E-state index contributed by atoms with van der Waals surface area (Å²) in [6.45, 7) is -3.96. The van der Waals surface area contributed by atoms with Crippen LogP contribution in [0.15, 0.2) is 0 Å². The third-order valence-electron chi connectivity index (χ3n) is 1.39. The maximum atomic E-state index is 9.05. The SMILES string of the molecule is [2H]C([2H])(O)[C@@H](O)[C@@H](O)[C@H](O)[C@H](O)CO. The summed E-state index contributed by atoms with van der Waals surface area (Å²) in [4.78, 5) is 0. The normalized spacial score (nSPS) is 25.2. The summed E-state index contributed by atoms with van der Waals surface area (Å²) in [5.74, 6) is 0. The van der Waals surface area contributed by atoms with Gasteiger partial charge in [0.2, 0.25) is 0 Å². The molecule has 74 valence electrons. The van der Waals surface area contributed by atoms with E-state index in [1.54, 1.807) is 0 Å². The minimum absolute atomic E-state index is 0.862. The second-order valence-electron chi connectivity index (χ2n) is 2.31. The van der Waals surface area contributed by atoms with E-state index in [4.69, 9.17) is 33.4 Å². The van der Waals surface area contributed by atoms with Crippen molar-refractivity contribution >= 4 is 0 Å². The molecule has 0 rings (SSSR count). The van der Waals surface area contributed by atoms with Crippen LogP contribution in [-0.4, -0.2) is 68.2 Å². The second-order valence-corrected chi connectivity index (χ2v) is 2.31. The monoisotopic (exact) mass is 184 g/mol.